The normalized spacial score (nSPS) is 10.4. The first-order valence-electron chi connectivity index (χ1n) is 5.98. The summed E-state index contributed by atoms with van der Waals surface area (Å²) >= 11 is 1.50. The second kappa shape index (κ2) is 6.97. The van der Waals surface area contributed by atoms with Gasteiger partial charge in [-0.05, 0) is 24.3 Å². The fourth-order valence-corrected chi connectivity index (χ4v) is 2.38. The third-order valence-electron chi connectivity index (χ3n) is 2.47. The number of aromatic nitrogens is 1. The molecule has 2 rings (SSSR count). The van der Waals surface area contributed by atoms with Gasteiger partial charge >= 0.3 is 6.09 Å². The molecule has 0 unspecified atom stereocenters. The van der Waals surface area contributed by atoms with E-state index in [1.807, 2.05) is 5.38 Å². The Balaban J connectivity index is 1.83. The molecule has 0 aliphatic heterocycles. The Kier molecular flexibility index (Phi) is 5.03. The van der Waals surface area contributed by atoms with Gasteiger partial charge in [-0.25, -0.2) is 14.2 Å². The van der Waals surface area contributed by atoms with Crippen molar-refractivity contribution in [1.82, 2.24) is 10.3 Å². The molecule has 0 bridgehead atoms. The molecule has 3 N–H and O–H groups in total. The number of hydrogen-bond acceptors (Lipinski definition) is 5. The predicted octanol–water partition coefficient (Wildman–Crippen LogP) is 2.13. The van der Waals surface area contributed by atoms with Crippen molar-refractivity contribution in [3.8, 4) is 10.6 Å². The number of primary amides is 1. The number of nitrogens with two attached hydrogens (primary N) is 1. The molecule has 1 heterocycles. The van der Waals surface area contributed by atoms with Crippen molar-refractivity contribution in [2.75, 3.05) is 13.2 Å². The number of amides is 1. The molecule has 0 saturated heterocycles. The zero-order valence-electron chi connectivity index (χ0n) is 10.6. The Morgan fingerprint density at radius 1 is 1.40 bits per heavy atom. The summed E-state index contributed by atoms with van der Waals surface area (Å²) in [6.45, 7) is 1.30. The molecular weight excluding hydrogens is 281 g/mol. The summed E-state index contributed by atoms with van der Waals surface area (Å²) in [5.74, 6) is -0.262. The highest BCUT2D eigenvalue weighted by Crippen LogP contribution is 2.23. The topological polar surface area (TPSA) is 77.2 Å². The van der Waals surface area contributed by atoms with Gasteiger partial charge in [0.2, 0.25) is 0 Å². The van der Waals surface area contributed by atoms with E-state index in [0.29, 0.717) is 13.1 Å². The van der Waals surface area contributed by atoms with Gasteiger partial charge in [-0.15, -0.1) is 11.3 Å². The largest absolute Gasteiger partial charge is 0.448 e. The lowest BCUT2D eigenvalue weighted by Gasteiger charge is -2.02. The van der Waals surface area contributed by atoms with Crippen LogP contribution in [0.25, 0.3) is 10.6 Å². The number of benzene rings is 1. The minimum absolute atomic E-state index is 0.226. The van der Waals surface area contributed by atoms with Crippen molar-refractivity contribution in [3.63, 3.8) is 0 Å². The number of ether oxygens (including phenoxy) is 1. The smallest absolute Gasteiger partial charge is 0.404 e. The van der Waals surface area contributed by atoms with Crippen LogP contribution in [0.1, 0.15) is 5.69 Å². The van der Waals surface area contributed by atoms with Crippen LogP contribution in [0.15, 0.2) is 29.6 Å². The van der Waals surface area contributed by atoms with Crippen molar-refractivity contribution >= 4 is 17.4 Å². The number of thiazole rings is 1. The monoisotopic (exact) mass is 295 g/mol. The SMILES string of the molecule is NC(=O)OCCNCc1csc(-c2ccc(F)cc2)n1. The Hall–Kier alpha value is -1.99. The van der Waals surface area contributed by atoms with Gasteiger partial charge in [0.25, 0.3) is 0 Å². The molecule has 1 aromatic carbocycles. The fourth-order valence-electron chi connectivity index (χ4n) is 1.55. The first-order chi connectivity index (χ1) is 9.65. The van der Waals surface area contributed by atoms with Crippen LogP contribution >= 0.6 is 11.3 Å². The maximum Gasteiger partial charge on any atom is 0.404 e. The molecule has 0 atom stereocenters. The van der Waals surface area contributed by atoms with Crippen molar-refractivity contribution in [2.45, 2.75) is 6.54 Å². The Bertz CT molecular complexity index is 571. The van der Waals surface area contributed by atoms with Crippen molar-refractivity contribution in [3.05, 3.63) is 41.2 Å². The molecule has 0 radical (unpaired) electrons. The van der Waals surface area contributed by atoms with Gasteiger partial charge in [0.05, 0.1) is 5.69 Å². The quantitative estimate of drug-likeness (QED) is 0.800. The van der Waals surface area contributed by atoms with E-state index in [9.17, 15) is 9.18 Å². The van der Waals surface area contributed by atoms with Crippen LogP contribution in [0.5, 0.6) is 0 Å². The average Bonchev–Trinajstić information content (AvgIpc) is 2.87. The van der Waals surface area contributed by atoms with Crippen LogP contribution in [0.4, 0.5) is 9.18 Å². The van der Waals surface area contributed by atoms with E-state index < -0.39 is 6.09 Å². The number of hydrogen-bond donors (Lipinski definition) is 2. The molecule has 1 aromatic heterocycles. The minimum Gasteiger partial charge on any atom is -0.448 e. The third kappa shape index (κ3) is 4.29. The molecule has 7 heteroatoms. The van der Waals surface area contributed by atoms with E-state index in [1.165, 1.54) is 23.5 Å². The minimum atomic E-state index is -0.779. The summed E-state index contributed by atoms with van der Waals surface area (Å²) in [7, 11) is 0. The molecule has 0 saturated carbocycles. The number of nitrogens with zero attached hydrogens (tertiary/aromatic N) is 1. The van der Waals surface area contributed by atoms with Crippen LogP contribution in [0.2, 0.25) is 0 Å². The highest BCUT2D eigenvalue weighted by molar-refractivity contribution is 7.13. The number of halogens is 1. The third-order valence-corrected chi connectivity index (χ3v) is 3.41. The highest BCUT2D eigenvalue weighted by Gasteiger charge is 2.04. The lowest BCUT2D eigenvalue weighted by molar-refractivity contribution is 0.157. The molecule has 0 fully saturated rings. The number of rotatable bonds is 6. The lowest BCUT2D eigenvalue weighted by Crippen LogP contribution is -2.23. The lowest BCUT2D eigenvalue weighted by atomic mass is 10.2. The van der Waals surface area contributed by atoms with Crippen molar-refractivity contribution in [1.29, 1.82) is 0 Å². The molecule has 0 aliphatic rings. The van der Waals surface area contributed by atoms with E-state index in [0.717, 1.165) is 16.3 Å². The summed E-state index contributed by atoms with van der Waals surface area (Å²) in [6, 6.07) is 6.23. The van der Waals surface area contributed by atoms with Crippen molar-refractivity contribution in [2.24, 2.45) is 5.73 Å². The molecule has 2 aromatic rings. The van der Waals surface area contributed by atoms with Gasteiger partial charge in [-0.2, -0.15) is 0 Å². The van der Waals surface area contributed by atoms with E-state index in [2.05, 4.69) is 15.0 Å². The van der Waals surface area contributed by atoms with Gasteiger partial charge in [-0.3, -0.25) is 0 Å². The number of carbonyl (C=O) groups is 1. The maximum atomic E-state index is 12.8. The number of carbonyl (C=O) groups excluding carboxylic acids is 1. The number of nitrogens with one attached hydrogen (secondary N) is 1. The summed E-state index contributed by atoms with van der Waals surface area (Å²) < 4.78 is 17.4. The molecule has 106 valence electrons. The van der Waals surface area contributed by atoms with Crippen LogP contribution in [0.3, 0.4) is 0 Å². The standard InChI is InChI=1S/C13H14FN3O2S/c14-10-3-1-9(2-4-10)12-17-11(8-20-12)7-16-5-6-19-13(15)18/h1-4,8,16H,5-7H2,(H2,15,18). The van der Waals surface area contributed by atoms with Gasteiger partial charge in [0, 0.05) is 24.0 Å². The van der Waals surface area contributed by atoms with Crippen LogP contribution < -0.4 is 11.1 Å². The Morgan fingerprint density at radius 3 is 2.85 bits per heavy atom. The second-order valence-corrected chi connectivity index (χ2v) is 4.85. The van der Waals surface area contributed by atoms with E-state index in [-0.39, 0.29) is 12.4 Å². The van der Waals surface area contributed by atoms with E-state index >= 15 is 0 Å². The molecule has 5 nitrogen and oxygen atoms in total. The molecular formula is C13H14FN3O2S. The summed E-state index contributed by atoms with van der Waals surface area (Å²) in [6.07, 6.45) is -0.779. The summed E-state index contributed by atoms with van der Waals surface area (Å²) in [5, 5.41) is 5.86. The Morgan fingerprint density at radius 2 is 2.15 bits per heavy atom. The van der Waals surface area contributed by atoms with Gasteiger partial charge in [0.1, 0.15) is 17.4 Å². The van der Waals surface area contributed by atoms with Gasteiger partial charge in [0.15, 0.2) is 0 Å². The Labute approximate surface area is 119 Å². The molecule has 0 aliphatic carbocycles. The molecule has 20 heavy (non-hydrogen) atoms. The van der Waals surface area contributed by atoms with Gasteiger partial charge < -0.3 is 15.8 Å². The van der Waals surface area contributed by atoms with Crippen LogP contribution in [-0.2, 0) is 11.3 Å². The van der Waals surface area contributed by atoms with Crippen LogP contribution in [0, 0.1) is 5.82 Å². The highest BCUT2D eigenvalue weighted by atomic mass is 32.1. The average molecular weight is 295 g/mol. The second-order valence-electron chi connectivity index (χ2n) is 4.00. The van der Waals surface area contributed by atoms with Crippen molar-refractivity contribution < 1.29 is 13.9 Å². The molecule has 1 amide bonds. The summed E-state index contributed by atoms with van der Waals surface area (Å²) in [4.78, 5) is 14.8. The van der Waals surface area contributed by atoms with Crippen LogP contribution in [-0.4, -0.2) is 24.2 Å². The first-order valence-corrected chi connectivity index (χ1v) is 6.86. The maximum absolute atomic E-state index is 12.8. The van der Waals surface area contributed by atoms with Gasteiger partial charge in [-0.1, -0.05) is 0 Å². The van der Waals surface area contributed by atoms with E-state index in [4.69, 9.17) is 5.73 Å². The van der Waals surface area contributed by atoms with E-state index in [1.54, 1.807) is 12.1 Å². The zero-order chi connectivity index (χ0) is 14.4. The zero-order valence-corrected chi connectivity index (χ0v) is 11.5. The first kappa shape index (κ1) is 14.4. The summed E-state index contributed by atoms with van der Waals surface area (Å²) in [5.41, 5.74) is 6.61. The fraction of sp³-hybridized carbons (Fsp3) is 0.231. The molecule has 0 spiro atoms. The predicted molar refractivity (Wildman–Crippen MR) is 74.8 cm³/mol.